The monoisotopic (exact) mass is 400 g/mol. The van der Waals surface area contributed by atoms with E-state index in [4.69, 9.17) is 14.6 Å². The number of methoxy groups -OCH3 is 1. The van der Waals surface area contributed by atoms with Crippen LogP contribution in [0.15, 0.2) is 29.2 Å². The number of benzene rings is 1. The molecule has 0 saturated carbocycles. The summed E-state index contributed by atoms with van der Waals surface area (Å²) < 4.78 is 32.7. The molecule has 0 amide bonds. The van der Waals surface area contributed by atoms with Gasteiger partial charge in [0.05, 0.1) is 18.6 Å². The van der Waals surface area contributed by atoms with Crippen LogP contribution < -0.4 is 4.74 Å². The van der Waals surface area contributed by atoms with Crippen LogP contribution in [0.3, 0.4) is 0 Å². The molecule has 2 N–H and O–H groups in total. The van der Waals surface area contributed by atoms with Gasteiger partial charge >= 0.3 is 0 Å². The van der Waals surface area contributed by atoms with Crippen LogP contribution in [0, 0.1) is 5.41 Å². The first-order chi connectivity index (χ1) is 12.8. The minimum absolute atomic E-state index is 0.0605. The lowest BCUT2D eigenvalue weighted by molar-refractivity contribution is -0.122. The number of ether oxygens (including phenoxy) is 1. The zero-order valence-electron chi connectivity index (χ0n) is 15.7. The zero-order chi connectivity index (χ0) is 20.1. The lowest BCUT2D eigenvalue weighted by Crippen LogP contribution is -2.62. The maximum Gasteiger partial charge on any atom is 0.290 e. The first-order valence-electron chi connectivity index (χ1n) is 8.88. The largest absolute Gasteiger partial charge is 0.497 e. The molecule has 2 aliphatic rings. The molecule has 0 radical (unpaired) electrons. The maximum atomic E-state index is 13.0. The molecule has 0 spiro atoms. The van der Waals surface area contributed by atoms with Crippen molar-refractivity contribution in [1.82, 2.24) is 9.21 Å². The summed E-state index contributed by atoms with van der Waals surface area (Å²) in [7, 11) is -0.00785. The molecule has 9 heteroatoms. The number of likely N-dealkylation sites (tertiary alicyclic amines) is 1. The summed E-state index contributed by atoms with van der Waals surface area (Å²) in [6.07, 6.45) is 2.71. The van der Waals surface area contributed by atoms with Crippen molar-refractivity contribution in [2.24, 2.45) is 5.41 Å². The Kier molecular flexibility index (Phi) is 7.21. The predicted octanol–water partition coefficient (Wildman–Crippen LogP) is 0.863. The molecule has 0 bridgehead atoms. The van der Waals surface area contributed by atoms with Crippen LogP contribution in [0.1, 0.15) is 19.3 Å². The molecule has 152 valence electrons. The second-order valence-electron chi connectivity index (χ2n) is 7.02. The Labute approximate surface area is 160 Å². The Balaban J connectivity index is 0.000000817. The fraction of sp³-hybridized carbons (Fsp3) is 0.611. The molecule has 2 fully saturated rings. The number of hydrogen-bond acceptors (Lipinski definition) is 6. The van der Waals surface area contributed by atoms with Gasteiger partial charge in [-0.25, -0.2) is 8.42 Å². The number of nitrogens with zero attached hydrogens (tertiary/aromatic N) is 2. The molecule has 2 atom stereocenters. The van der Waals surface area contributed by atoms with Crippen molar-refractivity contribution in [1.29, 1.82) is 0 Å². The van der Waals surface area contributed by atoms with Crippen molar-refractivity contribution in [3.63, 3.8) is 0 Å². The van der Waals surface area contributed by atoms with Crippen LogP contribution >= 0.6 is 0 Å². The number of hydrogen-bond donors (Lipinski definition) is 2. The van der Waals surface area contributed by atoms with Crippen LogP contribution in [0.2, 0.25) is 0 Å². The van der Waals surface area contributed by atoms with E-state index >= 15 is 0 Å². The maximum absolute atomic E-state index is 13.0. The fourth-order valence-electron chi connectivity index (χ4n) is 4.12. The van der Waals surface area contributed by atoms with E-state index in [1.165, 1.54) is 7.11 Å². The summed E-state index contributed by atoms with van der Waals surface area (Å²) in [5, 5.41) is 16.8. The summed E-state index contributed by atoms with van der Waals surface area (Å²) in [6.45, 7) is 1.69. The lowest BCUT2D eigenvalue weighted by Gasteiger charge is -2.53. The van der Waals surface area contributed by atoms with Gasteiger partial charge in [0.15, 0.2) is 0 Å². The van der Waals surface area contributed by atoms with E-state index in [-0.39, 0.29) is 29.4 Å². The van der Waals surface area contributed by atoms with Crippen molar-refractivity contribution in [2.75, 3.05) is 40.4 Å². The van der Waals surface area contributed by atoms with Crippen molar-refractivity contribution >= 4 is 16.5 Å². The van der Waals surface area contributed by atoms with E-state index in [1.54, 1.807) is 28.6 Å². The average Bonchev–Trinajstić information content (AvgIpc) is 2.68. The first-order valence-corrected chi connectivity index (χ1v) is 10.3. The number of sulfonamides is 1. The number of carboxylic acid groups (broad SMARTS) is 1. The van der Waals surface area contributed by atoms with Crippen LogP contribution in [0.5, 0.6) is 5.75 Å². The highest BCUT2D eigenvalue weighted by molar-refractivity contribution is 7.89. The minimum Gasteiger partial charge on any atom is -0.497 e. The molecule has 0 aliphatic carbocycles. The molecule has 1 aromatic rings. The van der Waals surface area contributed by atoms with Crippen LogP contribution in [-0.2, 0) is 14.8 Å². The van der Waals surface area contributed by atoms with Crippen molar-refractivity contribution in [3.05, 3.63) is 24.3 Å². The smallest absolute Gasteiger partial charge is 0.290 e. The lowest BCUT2D eigenvalue weighted by atomic mass is 9.69. The highest BCUT2D eigenvalue weighted by Crippen LogP contribution is 2.42. The van der Waals surface area contributed by atoms with Crippen LogP contribution in [0.4, 0.5) is 0 Å². The summed E-state index contributed by atoms with van der Waals surface area (Å²) in [5.74, 6) is 0.535. The minimum atomic E-state index is -3.56. The number of rotatable bonds is 4. The van der Waals surface area contributed by atoms with Gasteiger partial charge in [-0.3, -0.25) is 4.79 Å². The third kappa shape index (κ3) is 4.43. The fourth-order valence-corrected chi connectivity index (χ4v) is 5.60. The van der Waals surface area contributed by atoms with Crippen LogP contribution in [-0.4, -0.2) is 80.7 Å². The molecule has 27 heavy (non-hydrogen) atoms. The van der Waals surface area contributed by atoms with Gasteiger partial charge in [-0.2, -0.15) is 4.31 Å². The summed E-state index contributed by atoms with van der Waals surface area (Å²) in [4.78, 5) is 10.8. The van der Waals surface area contributed by atoms with Gasteiger partial charge in [-0.1, -0.05) is 6.07 Å². The number of carbonyl (C=O) groups is 1. The highest BCUT2D eigenvalue weighted by Gasteiger charge is 2.48. The first kappa shape index (κ1) is 21.6. The van der Waals surface area contributed by atoms with Crippen molar-refractivity contribution < 1.29 is 28.2 Å². The molecular formula is C18H28N2O6S. The van der Waals surface area contributed by atoms with Crippen LogP contribution in [0.25, 0.3) is 0 Å². The Hall–Kier alpha value is -1.68. The Morgan fingerprint density at radius 2 is 2.04 bits per heavy atom. The Morgan fingerprint density at radius 1 is 1.33 bits per heavy atom. The van der Waals surface area contributed by atoms with Gasteiger partial charge in [0.2, 0.25) is 10.0 Å². The number of aliphatic hydroxyl groups is 1. The van der Waals surface area contributed by atoms with Gasteiger partial charge in [-0.15, -0.1) is 0 Å². The molecule has 2 heterocycles. The molecule has 1 aromatic carbocycles. The third-order valence-corrected chi connectivity index (χ3v) is 7.52. The molecule has 0 unspecified atom stereocenters. The van der Waals surface area contributed by atoms with Crippen molar-refractivity contribution in [3.8, 4) is 5.75 Å². The van der Waals surface area contributed by atoms with Gasteiger partial charge in [0.25, 0.3) is 6.47 Å². The van der Waals surface area contributed by atoms with Gasteiger partial charge in [0, 0.05) is 30.6 Å². The number of piperidine rings is 2. The third-order valence-electron chi connectivity index (χ3n) is 5.65. The molecule has 2 aliphatic heterocycles. The second kappa shape index (κ2) is 9.01. The predicted molar refractivity (Wildman–Crippen MR) is 100 cm³/mol. The Bertz CT molecular complexity index is 741. The number of fused-ring (bicyclic) bond motifs is 1. The van der Waals surface area contributed by atoms with E-state index in [2.05, 4.69) is 4.90 Å². The molecule has 3 rings (SSSR count). The summed E-state index contributed by atoms with van der Waals surface area (Å²) in [6, 6.07) is 6.66. The summed E-state index contributed by atoms with van der Waals surface area (Å²) >= 11 is 0. The molecule has 0 aromatic heterocycles. The van der Waals surface area contributed by atoms with Gasteiger partial charge < -0.3 is 19.8 Å². The van der Waals surface area contributed by atoms with E-state index in [9.17, 15) is 13.5 Å². The van der Waals surface area contributed by atoms with E-state index in [0.29, 0.717) is 25.3 Å². The molecule has 2 saturated heterocycles. The highest BCUT2D eigenvalue weighted by atomic mass is 32.2. The quantitative estimate of drug-likeness (QED) is 0.722. The summed E-state index contributed by atoms with van der Waals surface area (Å²) in [5.41, 5.74) is -0.173. The topological polar surface area (TPSA) is 107 Å². The van der Waals surface area contributed by atoms with Gasteiger partial charge in [0.1, 0.15) is 5.75 Å². The number of aliphatic hydroxyl groups excluding tert-OH is 1. The number of likely N-dealkylation sites (N-methyl/N-ethyl adjacent to an activating group) is 1. The Morgan fingerprint density at radius 3 is 2.67 bits per heavy atom. The SMILES string of the molecule is COc1cccc(S(=O)(=O)N2CC[C@@]3(CO)CCCN(C)[C@@H]3C2)c1.O=CO. The second-order valence-corrected chi connectivity index (χ2v) is 8.96. The average molecular weight is 400 g/mol. The van der Waals surface area contributed by atoms with Crippen molar-refractivity contribution in [2.45, 2.75) is 30.2 Å². The van der Waals surface area contributed by atoms with E-state index in [0.717, 1.165) is 19.4 Å². The molecule has 8 nitrogen and oxygen atoms in total. The zero-order valence-corrected chi connectivity index (χ0v) is 16.6. The molecular weight excluding hydrogens is 372 g/mol. The van der Waals surface area contributed by atoms with Gasteiger partial charge in [-0.05, 0) is 45.0 Å². The standard InChI is InChI=1S/C17H26N2O4S.CH2O2/c1-18-9-4-7-17(13-20)8-10-19(12-16(17)18)24(21,22)15-6-3-5-14(11-15)23-2;2-1-3/h3,5-6,11,16,20H,4,7-10,12-13H2,1-2H3;1H,(H,2,3)/t16-,17-;/m1./s1. The van der Waals surface area contributed by atoms with E-state index < -0.39 is 10.0 Å². The normalized spacial score (nSPS) is 26.4. The van der Waals surface area contributed by atoms with E-state index in [1.807, 2.05) is 7.05 Å².